The Kier molecular flexibility index (Phi) is 4.42. The molecule has 3 N–H and O–H groups in total. The second-order valence-electron chi connectivity index (χ2n) is 4.71. The largest absolute Gasteiger partial charge is 0.480 e. The third kappa shape index (κ3) is 3.13. The van der Waals surface area contributed by atoms with Gasteiger partial charge in [0.1, 0.15) is 6.04 Å². The van der Waals surface area contributed by atoms with Crippen LogP contribution in [-0.2, 0) is 16.0 Å². The number of carbonyl (C=O) groups is 3. The van der Waals surface area contributed by atoms with Crippen molar-refractivity contribution < 1.29 is 19.5 Å². The van der Waals surface area contributed by atoms with E-state index >= 15 is 0 Å². The van der Waals surface area contributed by atoms with Gasteiger partial charge in [-0.2, -0.15) is 0 Å². The molecule has 1 atom stereocenters. The van der Waals surface area contributed by atoms with Crippen LogP contribution >= 0.6 is 0 Å². The Labute approximate surface area is 121 Å². The van der Waals surface area contributed by atoms with Gasteiger partial charge >= 0.3 is 12.0 Å². The van der Waals surface area contributed by atoms with Gasteiger partial charge in [0.05, 0.1) is 0 Å². The number of anilines is 1. The van der Waals surface area contributed by atoms with Gasteiger partial charge in [-0.25, -0.2) is 9.59 Å². The first-order valence-corrected chi connectivity index (χ1v) is 6.63. The average molecular weight is 291 g/mol. The van der Waals surface area contributed by atoms with E-state index in [0.717, 1.165) is 5.56 Å². The Hall–Kier alpha value is -2.57. The van der Waals surface area contributed by atoms with Crippen molar-refractivity contribution in [3.8, 4) is 0 Å². The van der Waals surface area contributed by atoms with Crippen LogP contribution in [0.1, 0.15) is 12.0 Å². The van der Waals surface area contributed by atoms with E-state index in [-0.39, 0.29) is 25.3 Å². The maximum Gasteiger partial charge on any atom is 0.327 e. The number of hydrogen-bond acceptors (Lipinski definition) is 3. The summed E-state index contributed by atoms with van der Waals surface area (Å²) in [7, 11) is 1.52. The minimum atomic E-state index is -1.05. The quantitative estimate of drug-likeness (QED) is 0.745. The van der Waals surface area contributed by atoms with Crippen molar-refractivity contribution in [2.24, 2.45) is 0 Å². The molecule has 1 heterocycles. The third-order valence-corrected chi connectivity index (χ3v) is 3.39. The summed E-state index contributed by atoms with van der Waals surface area (Å²) < 4.78 is 0. The van der Waals surface area contributed by atoms with E-state index < -0.39 is 18.0 Å². The predicted octanol–water partition coefficient (Wildman–Crippen LogP) is 0.348. The van der Waals surface area contributed by atoms with Gasteiger partial charge in [-0.1, -0.05) is 18.2 Å². The molecule has 0 saturated carbocycles. The van der Waals surface area contributed by atoms with E-state index in [9.17, 15) is 19.5 Å². The lowest BCUT2D eigenvalue weighted by Crippen LogP contribution is -2.48. The van der Waals surface area contributed by atoms with Crippen LogP contribution < -0.4 is 15.5 Å². The fourth-order valence-electron chi connectivity index (χ4n) is 2.33. The number of carboxylic acids is 1. The van der Waals surface area contributed by atoms with Crippen LogP contribution in [0.3, 0.4) is 0 Å². The maximum atomic E-state index is 12.2. The number of fused-ring (bicyclic) bond motifs is 1. The molecule has 3 amide bonds. The molecule has 2 rings (SSSR count). The number of amides is 3. The van der Waals surface area contributed by atoms with Crippen molar-refractivity contribution in [3.05, 3.63) is 29.8 Å². The second-order valence-corrected chi connectivity index (χ2v) is 4.71. The summed E-state index contributed by atoms with van der Waals surface area (Å²) in [5.74, 6) is -1.24. The molecule has 0 radical (unpaired) electrons. The molecule has 0 saturated heterocycles. The van der Waals surface area contributed by atoms with Crippen molar-refractivity contribution in [1.29, 1.82) is 0 Å². The maximum absolute atomic E-state index is 12.2. The van der Waals surface area contributed by atoms with Crippen LogP contribution in [-0.4, -0.2) is 42.6 Å². The lowest BCUT2D eigenvalue weighted by atomic mass is 10.1. The minimum absolute atomic E-state index is 0.148. The first kappa shape index (κ1) is 14.8. The minimum Gasteiger partial charge on any atom is -0.480 e. The predicted molar refractivity (Wildman–Crippen MR) is 76.1 cm³/mol. The molecular formula is C14H17N3O4. The van der Waals surface area contributed by atoms with Gasteiger partial charge in [-0.05, 0) is 11.6 Å². The van der Waals surface area contributed by atoms with Crippen LogP contribution in [0.2, 0.25) is 0 Å². The standard InChI is InChI=1S/C14H17N3O4/c1-15-12(18)6-7-16-14(21)17-10-5-3-2-4-9(10)8-11(17)13(19)20/h2-5,11H,6-8H2,1H3,(H,15,18)(H,16,21)(H,19,20)/t11-/m0/s1. The van der Waals surface area contributed by atoms with Gasteiger partial charge in [-0.15, -0.1) is 0 Å². The van der Waals surface area contributed by atoms with Crippen LogP contribution in [0, 0.1) is 0 Å². The van der Waals surface area contributed by atoms with Crippen molar-refractivity contribution in [1.82, 2.24) is 10.6 Å². The Balaban J connectivity index is 2.09. The summed E-state index contributed by atoms with van der Waals surface area (Å²) in [5, 5.41) is 14.3. The summed E-state index contributed by atoms with van der Waals surface area (Å²) in [5.41, 5.74) is 1.42. The fourth-order valence-corrected chi connectivity index (χ4v) is 2.33. The molecule has 1 aromatic rings. The number of carbonyl (C=O) groups excluding carboxylic acids is 2. The van der Waals surface area contributed by atoms with Crippen LogP contribution in [0.5, 0.6) is 0 Å². The van der Waals surface area contributed by atoms with Crippen LogP contribution in [0.15, 0.2) is 24.3 Å². The molecule has 1 aliphatic rings. The molecule has 1 aliphatic heterocycles. The number of nitrogens with one attached hydrogen (secondary N) is 2. The summed E-state index contributed by atoms with van der Waals surface area (Å²) in [6.45, 7) is 0.156. The average Bonchev–Trinajstić information content (AvgIpc) is 2.86. The first-order valence-electron chi connectivity index (χ1n) is 6.63. The number of rotatable bonds is 4. The molecular weight excluding hydrogens is 274 g/mol. The Morgan fingerprint density at radius 2 is 2.05 bits per heavy atom. The monoisotopic (exact) mass is 291 g/mol. The number of nitrogens with zero attached hydrogens (tertiary/aromatic N) is 1. The van der Waals surface area contributed by atoms with Crippen LogP contribution in [0.25, 0.3) is 0 Å². The molecule has 0 unspecified atom stereocenters. The lowest BCUT2D eigenvalue weighted by molar-refractivity contribution is -0.138. The number of carboxylic acid groups (broad SMARTS) is 1. The van der Waals surface area contributed by atoms with Crippen molar-refractivity contribution in [2.75, 3.05) is 18.5 Å². The van der Waals surface area contributed by atoms with Crippen molar-refractivity contribution >= 4 is 23.6 Å². The molecule has 112 valence electrons. The van der Waals surface area contributed by atoms with E-state index in [2.05, 4.69) is 10.6 Å². The van der Waals surface area contributed by atoms with E-state index in [1.165, 1.54) is 11.9 Å². The molecule has 0 fully saturated rings. The highest BCUT2D eigenvalue weighted by atomic mass is 16.4. The molecule has 21 heavy (non-hydrogen) atoms. The smallest absolute Gasteiger partial charge is 0.327 e. The van der Waals surface area contributed by atoms with Gasteiger partial charge < -0.3 is 15.7 Å². The van der Waals surface area contributed by atoms with Crippen LogP contribution in [0.4, 0.5) is 10.5 Å². The van der Waals surface area contributed by atoms with Gasteiger partial charge in [0.15, 0.2) is 0 Å². The fraction of sp³-hybridized carbons (Fsp3) is 0.357. The topological polar surface area (TPSA) is 98.7 Å². The molecule has 0 aromatic heterocycles. The van der Waals surface area contributed by atoms with E-state index in [1.54, 1.807) is 12.1 Å². The Bertz CT molecular complexity index is 573. The Morgan fingerprint density at radius 3 is 2.71 bits per heavy atom. The molecule has 1 aromatic carbocycles. The highest BCUT2D eigenvalue weighted by Gasteiger charge is 2.38. The number of benzene rings is 1. The molecule has 0 spiro atoms. The van der Waals surface area contributed by atoms with E-state index in [4.69, 9.17) is 0 Å². The Morgan fingerprint density at radius 1 is 1.33 bits per heavy atom. The molecule has 7 nitrogen and oxygen atoms in total. The number of para-hydroxylation sites is 1. The highest BCUT2D eigenvalue weighted by Crippen LogP contribution is 2.32. The zero-order valence-electron chi connectivity index (χ0n) is 11.6. The van der Waals surface area contributed by atoms with Gasteiger partial charge in [0.2, 0.25) is 5.91 Å². The molecule has 7 heteroatoms. The summed E-state index contributed by atoms with van der Waals surface area (Å²) in [6, 6.07) is 5.68. The first-order chi connectivity index (χ1) is 10.0. The number of aliphatic carboxylic acids is 1. The van der Waals surface area contributed by atoms with E-state index in [1.807, 2.05) is 12.1 Å². The summed E-state index contributed by atoms with van der Waals surface area (Å²) in [4.78, 5) is 35.9. The van der Waals surface area contributed by atoms with Gasteiger partial charge in [0.25, 0.3) is 0 Å². The third-order valence-electron chi connectivity index (χ3n) is 3.39. The second kappa shape index (κ2) is 6.25. The van der Waals surface area contributed by atoms with Crippen molar-refractivity contribution in [3.63, 3.8) is 0 Å². The van der Waals surface area contributed by atoms with Crippen molar-refractivity contribution in [2.45, 2.75) is 18.9 Å². The normalized spacial score (nSPS) is 16.2. The SMILES string of the molecule is CNC(=O)CCNC(=O)N1c2ccccc2C[C@H]1C(=O)O. The summed E-state index contributed by atoms with van der Waals surface area (Å²) in [6.07, 6.45) is 0.434. The zero-order chi connectivity index (χ0) is 15.4. The summed E-state index contributed by atoms with van der Waals surface area (Å²) >= 11 is 0. The number of hydrogen-bond donors (Lipinski definition) is 3. The molecule has 0 bridgehead atoms. The zero-order valence-corrected chi connectivity index (χ0v) is 11.6. The lowest BCUT2D eigenvalue weighted by Gasteiger charge is -2.22. The number of urea groups is 1. The van der Waals surface area contributed by atoms with E-state index in [0.29, 0.717) is 5.69 Å². The van der Waals surface area contributed by atoms with Gasteiger partial charge in [-0.3, -0.25) is 9.69 Å². The molecule has 0 aliphatic carbocycles. The highest BCUT2D eigenvalue weighted by molar-refractivity contribution is 6.01. The van der Waals surface area contributed by atoms with Gasteiger partial charge in [0, 0.05) is 32.1 Å².